The van der Waals surface area contributed by atoms with E-state index in [-0.39, 0.29) is 5.60 Å². The molecular weight excluding hydrogens is 248 g/mol. The van der Waals surface area contributed by atoms with Gasteiger partial charge in [-0.1, -0.05) is 6.07 Å². The van der Waals surface area contributed by atoms with Gasteiger partial charge in [0.05, 0.1) is 5.60 Å². The maximum absolute atomic E-state index is 5.89. The molecule has 0 radical (unpaired) electrons. The third-order valence-corrected chi connectivity index (χ3v) is 4.65. The predicted octanol–water partition coefficient (Wildman–Crippen LogP) is 3.26. The minimum atomic E-state index is 0.0184. The number of H-pyrrole nitrogens is 1. The number of ether oxygens (including phenoxy) is 1. The van der Waals surface area contributed by atoms with Crippen molar-refractivity contribution in [1.29, 1.82) is 0 Å². The summed E-state index contributed by atoms with van der Waals surface area (Å²) in [5.74, 6) is 0. The SMILES string of the molecule is C[C@H](NCCc1ccc2[nH]ccc2c1)[C@@]1(C)CCCO1. The highest BCUT2D eigenvalue weighted by Crippen LogP contribution is 2.28. The summed E-state index contributed by atoms with van der Waals surface area (Å²) >= 11 is 0. The van der Waals surface area contributed by atoms with E-state index in [0.717, 1.165) is 26.0 Å². The first kappa shape index (κ1) is 13.7. The average Bonchev–Trinajstić information content (AvgIpc) is 3.07. The molecule has 2 atom stereocenters. The summed E-state index contributed by atoms with van der Waals surface area (Å²) in [5, 5.41) is 4.92. The van der Waals surface area contributed by atoms with Crippen LogP contribution in [0.25, 0.3) is 10.9 Å². The monoisotopic (exact) mass is 272 g/mol. The first-order valence-electron chi connectivity index (χ1n) is 7.61. The van der Waals surface area contributed by atoms with E-state index in [0.29, 0.717) is 6.04 Å². The smallest absolute Gasteiger partial charge is 0.0804 e. The summed E-state index contributed by atoms with van der Waals surface area (Å²) in [6.07, 6.45) is 5.40. The fraction of sp³-hybridized carbons (Fsp3) is 0.529. The van der Waals surface area contributed by atoms with Crippen LogP contribution in [-0.4, -0.2) is 29.8 Å². The largest absolute Gasteiger partial charge is 0.374 e. The van der Waals surface area contributed by atoms with Gasteiger partial charge in [0.1, 0.15) is 0 Å². The Hall–Kier alpha value is -1.32. The van der Waals surface area contributed by atoms with Crippen LogP contribution in [-0.2, 0) is 11.2 Å². The van der Waals surface area contributed by atoms with Crippen LogP contribution in [0.5, 0.6) is 0 Å². The first-order chi connectivity index (χ1) is 9.67. The zero-order chi connectivity index (χ0) is 14.0. The minimum absolute atomic E-state index is 0.0184. The van der Waals surface area contributed by atoms with E-state index in [4.69, 9.17) is 4.74 Å². The summed E-state index contributed by atoms with van der Waals surface area (Å²) in [6, 6.07) is 9.17. The normalized spacial score (nSPS) is 24.3. The third-order valence-electron chi connectivity index (χ3n) is 4.65. The lowest BCUT2D eigenvalue weighted by Crippen LogP contribution is -2.46. The Balaban J connectivity index is 1.54. The molecule has 0 saturated carbocycles. The first-order valence-corrected chi connectivity index (χ1v) is 7.61. The van der Waals surface area contributed by atoms with Crippen LogP contribution in [0.3, 0.4) is 0 Å². The Morgan fingerprint density at radius 2 is 2.30 bits per heavy atom. The van der Waals surface area contributed by atoms with Gasteiger partial charge in [-0.25, -0.2) is 0 Å². The molecule has 0 unspecified atom stereocenters. The molecule has 1 aromatic carbocycles. The fourth-order valence-electron chi connectivity index (χ4n) is 3.05. The number of aromatic nitrogens is 1. The van der Waals surface area contributed by atoms with E-state index >= 15 is 0 Å². The molecule has 2 heterocycles. The minimum Gasteiger partial charge on any atom is -0.374 e. The highest BCUT2D eigenvalue weighted by Gasteiger charge is 2.35. The van der Waals surface area contributed by atoms with E-state index in [1.165, 1.54) is 22.9 Å². The van der Waals surface area contributed by atoms with Crippen molar-refractivity contribution < 1.29 is 4.74 Å². The van der Waals surface area contributed by atoms with Gasteiger partial charge < -0.3 is 15.0 Å². The number of nitrogens with one attached hydrogen (secondary N) is 2. The number of fused-ring (bicyclic) bond motifs is 1. The molecular formula is C17H24N2O. The second-order valence-electron chi connectivity index (χ2n) is 6.09. The van der Waals surface area contributed by atoms with E-state index in [1.54, 1.807) is 0 Å². The second kappa shape index (κ2) is 5.58. The molecule has 3 nitrogen and oxygen atoms in total. The lowest BCUT2D eigenvalue weighted by Gasteiger charge is -2.31. The van der Waals surface area contributed by atoms with Crippen LogP contribution in [0, 0.1) is 0 Å². The molecule has 3 rings (SSSR count). The van der Waals surface area contributed by atoms with E-state index in [1.807, 2.05) is 6.20 Å². The van der Waals surface area contributed by atoms with Crippen molar-refractivity contribution in [2.45, 2.75) is 44.8 Å². The molecule has 0 spiro atoms. The number of hydrogen-bond acceptors (Lipinski definition) is 2. The lowest BCUT2D eigenvalue weighted by molar-refractivity contribution is -0.00630. The van der Waals surface area contributed by atoms with Crippen molar-refractivity contribution in [3.05, 3.63) is 36.0 Å². The van der Waals surface area contributed by atoms with Crippen molar-refractivity contribution >= 4 is 10.9 Å². The van der Waals surface area contributed by atoms with Crippen LogP contribution < -0.4 is 5.32 Å². The van der Waals surface area contributed by atoms with Crippen molar-refractivity contribution in [3.8, 4) is 0 Å². The van der Waals surface area contributed by atoms with Gasteiger partial charge in [-0.3, -0.25) is 0 Å². The molecule has 0 bridgehead atoms. The van der Waals surface area contributed by atoms with Gasteiger partial charge in [0.15, 0.2) is 0 Å². The van der Waals surface area contributed by atoms with Crippen molar-refractivity contribution in [2.24, 2.45) is 0 Å². The zero-order valence-corrected chi connectivity index (χ0v) is 12.4. The van der Waals surface area contributed by atoms with Gasteiger partial charge in [-0.2, -0.15) is 0 Å². The summed E-state index contributed by atoms with van der Waals surface area (Å²) < 4.78 is 5.89. The van der Waals surface area contributed by atoms with Crippen LogP contribution in [0.2, 0.25) is 0 Å². The number of benzene rings is 1. The van der Waals surface area contributed by atoms with Gasteiger partial charge in [-0.05, 0) is 68.8 Å². The standard InChI is InChI=1S/C17H24N2O/c1-13(17(2)8-3-11-20-17)18-9-6-14-4-5-16-15(12-14)7-10-19-16/h4-5,7,10,12-13,18-19H,3,6,8-9,11H2,1-2H3/t13-,17+/m0/s1. The fourth-order valence-corrected chi connectivity index (χ4v) is 3.05. The molecule has 1 aliphatic heterocycles. The van der Waals surface area contributed by atoms with E-state index in [9.17, 15) is 0 Å². The van der Waals surface area contributed by atoms with Crippen molar-refractivity contribution in [1.82, 2.24) is 10.3 Å². The van der Waals surface area contributed by atoms with Gasteiger partial charge >= 0.3 is 0 Å². The Morgan fingerprint density at radius 1 is 1.40 bits per heavy atom. The quantitative estimate of drug-likeness (QED) is 0.876. The van der Waals surface area contributed by atoms with Gasteiger partial charge in [0.25, 0.3) is 0 Å². The van der Waals surface area contributed by atoms with Gasteiger partial charge in [-0.15, -0.1) is 0 Å². The van der Waals surface area contributed by atoms with E-state index < -0.39 is 0 Å². The molecule has 20 heavy (non-hydrogen) atoms. The molecule has 3 heteroatoms. The maximum Gasteiger partial charge on any atom is 0.0804 e. The number of hydrogen-bond donors (Lipinski definition) is 2. The molecule has 1 aromatic heterocycles. The number of aromatic amines is 1. The zero-order valence-electron chi connectivity index (χ0n) is 12.4. The third kappa shape index (κ3) is 2.74. The van der Waals surface area contributed by atoms with Crippen LogP contribution in [0.1, 0.15) is 32.3 Å². The van der Waals surface area contributed by atoms with Gasteiger partial charge in [0, 0.05) is 24.4 Å². The summed E-state index contributed by atoms with van der Waals surface area (Å²) in [5.41, 5.74) is 2.61. The highest BCUT2D eigenvalue weighted by atomic mass is 16.5. The Bertz CT molecular complexity index is 569. The van der Waals surface area contributed by atoms with Crippen LogP contribution >= 0.6 is 0 Å². The molecule has 0 aliphatic carbocycles. The molecule has 1 saturated heterocycles. The molecule has 1 aliphatic rings. The summed E-state index contributed by atoms with van der Waals surface area (Å²) in [7, 11) is 0. The molecule has 2 N–H and O–H groups in total. The van der Waals surface area contributed by atoms with E-state index in [2.05, 4.69) is 48.4 Å². The second-order valence-corrected chi connectivity index (χ2v) is 6.09. The molecule has 1 fully saturated rings. The summed E-state index contributed by atoms with van der Waals surface area (Å²) in [4.78, 5) is 3.23. The number of rotatable bonds is 5. The Labute approximate surface area is 120 Å². The highest BCUT2D eigenvalue weighted by molar-refractivity contribution is 5.79. The molecule has 2 aromatic rings. The van der Waals surface area contributed by atoms with Crippen molar-refractivity contribution in [3.63, 3.8) is 0 Å². The van der Waals surface area contributed by atoms with Crippen LogP contribution in [0.15, 0.2) is 30.5 Å². The topological polar surface area (TPSA) is 37.0 Å². The van der Waals surface area contributed by atoms with Gasteiger partial charge in [0.2, 0.25) is 0 Å². The van der Waals surface area contributed by atoms with Crippen molar-refractivity contribution in [2.75, 3.05) is 13.2 Å². The Kier molecular flexibility index (Phi) is 3.81. The lowest BCUT2D eigenvalue weighted by atomic mass is 9.94. The maximum atomic E-state index is 5.89. The van der Waals surface area contributed by atoms with Crippen LogP contribution in [0.4, 0.5) is 0 Å². The Morgan fingerprint density at radius 3 is 3.10 bits per heavy atom. The molecule has 108 valence electrons. The summed E-state index contributed by atoms with van der Waals surface area (Å²) in [6.45, 7) is 6.37. The predicted molar refractivity (Wildman–Crippen MR) is 83.1 cm³/mol. The average molecular weight is 272 g/mol. The molecule has 0 amide bonds.